The van der Waals surface area contributed by atoms with Crippen LogP contribution in [0.15, 0.2) is 42.5 Å². The SMILES string of the molecule is C[C@@H]1CC[C@H]2C(=O)N(c3ccc(NCCc4cccc(F)c4)c([N+](=O)[O-])c3)C(=O)[C@@H]2C1. The van der Waals surface area contributed by atoms with Crippen LogP contribution >= 0.6 is 0 Å². The highest BCUT2D eigenvalue weighted by atomic mass is 19.1. The van der Waals surface area contributed by atoms with Gasteiger partial charge in [0.05, 0.1) is 22.4 Å². The van der Waals surface area contributed by atoms with E-state index in [0.717, 1.165) is 16.9 Å². The van der Waals surface area contributed by atoms with Gasteiger partial charge in [-0.25, -0.2) is 9.29 Å². The van der Waals surface area contributed by atoms with Gasteiger partial charge in [0.2, 0.25) is 11.8 Å². The molecule has 1 aliphatic heterocycles. The molecular weight excluding hydrogens is 401 g/mol. The normalized spacial score (nSPS) is 23.0. The number of nitro benzene ring substituents is 1. The molecule has 2 aliphatic rings. The zero-order chi connectivity index (χ0) is 22.1. The highest BCUT2D eigenvalue weighted by Gasteiger charge is 2.50. The van der Waals surface area contributed by atoms with Crippen molar-refractivity contribution in [2.24, 2.45) is 17.8 Å². The summed E-state index contributed by atoms with van der Waals surface area (Å²) in [5.74, 6) is -1.13. The summed E-state index contributed by atoms with van der Waals surface area (Å²) in [6.07, 6.45) is 2.74. The van der Waals surface area contributed by atoms with Crippen LogP contribution in [0, 0.1) is 33.7 Å². The summed E-state index contributed by atoms with van der Waals surface area (Å²) >= 11 is 0. The van der Waals surface area contributed by atoms with Crippen LogP contribution in [0.3, 0.4) is 0 Å². The maximum absolute atomic E-state index is 13.3. The number of amides is 2. The van der Waals surface area contributed by atoms with E-state index in [1.807, 2.05) is 0 Å². The molecule has 7 nitrogen and oxygen atoms in total. The molecule has 1 heterocycles. The van der Waals surface area contributed by atoms with Crippen molar-refractivity contribution in [1.82, 2.24) is 0 Å². The molecule has 2 amide bonds. The third-order valence-electron chi connectivity index (χ3n) is 6.24. The summed E-state index contributed by atoms with van der Waals surface area (Å²) in [6.45, 7) is 2.44. The number of nitrogens with one attached hydrogen (secondary N) is 1. The van der Waals surface area contributed by atoms with Gasteiger partial charge in [-0.1, -0.05) is 19.1 Å². The van der Waals surface area contributed by atoms with Gasteiger partial charge in [-0.15, -0.1) is 0 Å². The first-order chi connectivity index (χ1) is 14.8. The maximum Gasteiger partial charge on any atom is 0.294 e. The van der Waals surface area contributed by atoms with E-state index in [9.17, 15) is 24.1 Å². The summed E-state index contributed by atoms with van der Waals surface area (Å²) < 4.78 is 13.3. The van der Waals surface area contributed by atoms with Gasteiger partial charge in [0.25, 0.3) is 5.69 Å². The number of hydrogen-bond acceptors (Lipinski definition) is 5. The fourth-order valence-corrected chi connectivity index (χ4v) is 4.64. The summed E-state index contributed by atoms with van der Waals surface area (Å²) in [7, 11) is 0. The third kappa shape index (κ3) is 4.15. The predicted octanol–water partition coefficient (Wildman–Crippen LogP) is 4.31. The number of rotatable bonds is 6. The number of halogens is 1. The van der Waals surface area contributed by atoms with Crippen LogP contribution in [0.2, 0.25) is 0 Å². The Morgan fingerprint density at radius 1 is 1.13 bits per heavy atom. The lowest BCUT2D eigenvalue weighted by Gasteiger charge is -2.25. The molecule has 1 aliphatic carbocycles. The number of imide groups is 1. The second-order valence-corrected chi connectivity index (χ2v) is 8.41. The van der Waals surface area contributed by atoms with Gasteiger partial charge in [0.15, 0.2) is 0 Å². The zero-order valence-electron chi connectivity index (χ0n) is 17.2. The molecule has 162 valence electrons. The van der Waals surface area contributed by atoms with Crippen molar-refractivity contribution in [3.63, 3.8) is 0 Å². The van der Waals surface area contributed by atoms with Crippen LogP contribution < -0.4 is 10.2 Å². The first-order valence-electron chi connectivity index (χ1n) is 10.5. The fraction of sp³-hybridized carbons (Fsp3) is 0.391. The van der Waals surface area contributed by atoms with Gasteiger partial charge in [-0.2, -0.15) is 0 Å². The van der Waals surface area contributed by atoms with Crippen molar-refractivity contribution in [3.8, 4) is 0 Å². The summed E-state index contributed by atoms with van der Waals surface area (Å²) in [4.78, 5) is 38.0. The average Bonchev–Trinajstić information content (AvgIpc) is 2.98. The number of hydrogen-bond donors (Lipinski definition) is 1. The van der Waals surface area contributed by atoms with Gasteiger partial charge in [0.1, 0.15) is 11.5 Å². The molecule has 0 aromatic heterocycles. The lowest BCUT2D eigenvalue weighted by molar-refractivity contribution is -0.383. The topological polar surface area (TPSA) is 92.6 Å². The van der Waals surface area contributed by atoms with Gasteiger partial charge in [-0.05, 0) is 61.4 Å². The Hall–Kier alpha value is -3.29. The first kappa shape index (κ1) is 21.0. The van der Waals surface area contributed by atoms with Crippen LogP contribution in [0.5, 0.6) is 0 Å². The summed E-state index contributed by atoms with van der Waals surface area (Å²) in [5.41, 5.74) is 1.09. The number of nitrogens with zero attached hydrogens (tertiary/aromatic N) is 2. The minimum atomic E-state index is -0.534. The Morgan fingerprint density at radius 3 is 2.65 bits per heavy atom. The Labute approximate surface area is 179 Å². The minimum Gasteiger partial charge on any atom is -0.379 e. The average molecular weight is 425 g/mol. The molecule has 0 unspecified atom stereocenters. The van der Waals surface area contributed by atoms with Crippen LogP contribution in [-0.2, 0) is 16.0 Å². The second-order valence-electron chi connectivity index (χ2n) is 8.41. The number of nitro groups is 1. The van der Waals surface area contributed by atoms with Gasteiger partial charge < -0.3 is 5.32 Å². The molecule has 8 heteroatoms. The molecule has 1 N–H and O–H groups in total. The van der Waals surface area contributed by atoms with Crippen molar-refractivity contribution in [3.05, 3.63) is 64.0 Å². The number of carbonyl (C=O) groups excluding carboxylic acids is 2. The number of carbonyl (C=O) groups is 2. The van der Waals surface area contributed by atoms with Crippen LogP contribution in [-0.4, -0.2) is 23.3 Å². The van der Waals surface area contributed by atoms with Crippen molar-refractivity contribution in [2.45, 2.75) is 32.6 Å². The molecule has 3 atom stereocenters. The number of anilines is 2. The fourth-order valence-electron chi connectivity index (χ4n) is 4.64. The molecular formula is C23H24FN3O4. The van der Waals surface area contributed by atoms with E-state index in [1.165, 1.54) is 24.3 Å². The molecule has 1 saturated carbocycles. The monoisotopic (exact) mass is 425 g/mol. The first-order valence-corrected chi connectivity index (χ1v) is 10.5. The lowest BCUT2D eigenvalue weighted by Crippen LogP contribution is -2.31. The van der Waals surface area contributed by atoms with Crippen LogP contribution in [0.4, 0.5) is 21.5 Å². The molecule has 0 bridgehead atoms. The quantitative estimate of drug-likeness (QED) is 0.423. The van der Waals surface area contributed by atoms with Crippen molar-refractivity contribution >= 4 is 28.9 Å². The molecule has 2 aromatic rings. The largest absolute Gasteiger partial charge is 0.379 e. The van der Waals surface area contributed by atoms with E-state index < -0.39 is 4.92 Å². The van der Waals surface area contributed by atoms with Gasteiger partial charge in [0, 0.05) is 12.6 Å². The molecule has 2 aromatic carbocycles. The minimum absolute atomic E-state index is 0.208. The van der Waals surface area contributed by atoms with Crippen molar-refractivity contribution in [2.75, 3.05) is 16.8 Å². The lowest BCUT2D eigenvalue weighted by atomic mass is 9.76. The molecule has 1 saturated heterocycles. The van der Waals surface area contributed by atoms with Crippen molar-refractivity contribution < 1.29 is 18.9 Å². The Balaban J connectivity index is 1.53. The Bertz CT molecular complexity index is 1040. The van der Waals surface area contributed by atoms with Gasteiger partial charge >= 0.3 is 0 Å². The molecule has 0 spiro atoms. The second kappa shape index (κ2) is 8.45. The molecule has 31 heavy (non-hydrogen) atoms. The summed E-state index contributed by atoms with van der Waals surface area (Å²) in [6, 6.07) is 10.5. The third-order valence-corrected chi connectivity index (χ3v) is 6.24. The van der Waals surface area contributed by atoms with Crippen molar-refractivity contribution in [1.29, 1.82) is 0 Å². The van der Waals surface area contributed by atoms with E-state index in [4.69, 9.17) is 0 Å². The van der Waals surface area contributed by atoms with Crippen LogP contribution in [0.25, 0.3) is 0 Å². The van der Waals surface area contributed by atoms with E-state index in [-0.39, 0.29) is 46.5 Å². The Morgan fingerprint density at radius 2 is 1.90 bits per heavy atom. The number of fused-ring (bicyclic) bond motifs is 1. The maximum atomic E-state index is 13.3. The predicted molar refractivity (Wildman–Crippen MR) is 114 cm³/mol. The van der Waals surface area contributed by atoms with E-state index in [0.29, 0.717) is 31.7 Å². The van der Waals surface area contributed by atoms with E-state index in [1.54, 1.807) is 18.2 Å². The molecule has 0 radical (unpaired) electrons. The van der Waals surface area contributed by atoms with E-state index in [2.05, 4.69) is 12.2 Å². The molecule has 2 fully saturated rings. The molecule has 4 rings (SSSR count). The highest BCUT2D eigenvalue weighted by molar-refractivity contribution is 6.22. The highest BCUT2D eigenvalue weighted by Crippen LogP contribution is 2.43. The zero-order valence-corrected chi connectivity index (χ0v) is 17.2. The smallest absolute Gasteiger partial charge is 0.294 e. The standard InChI is InChI=1S/C23H24FN3O4/c1-14-5-7-18-19(11-14)23(29)26(22(18)28)17-6-8-20(21(13-17)27(30)31)25-10-9-15-3-2-4-16(24)12-15/h2-4,6,8,12-14,18-19,25H,5,7,9-11H2,1H3/t14-,18-,19-/m1/s1. The van der Waals surface area contributed by atoms with Crippen LogP contribution in [0.1, 0.15) is 31.7 Å². The summed E-state index contributed by atoms with van der Waals surface area (Å²) in [5, 5.41) is 14.7. The number of benzene rings is 2. The van der Waals surface area contributed by atoms with Gasteiger partial charge in [-0.3, -0.25) is 19.7 Å². The van der Waals surface area contributed by atoms with E-state index >= 15 is 0 Å². The Kier molecular flexibility index (Phi) is 5.71.